The van der Waals surface area contributed by atoms with Crippen LogP contribution in [0.2, 0.25) is 0 Å². The molecule has 1 rings (SSSR count). The third-order valence-corrected chi connectivity index (χ3v) is 3.01. The largest absolute Gasteiger partial charge is 0.374 e. The van der Waals surface area contributed by atoms with Crippen molar-refractivity contribution in [3.63, 3.8) is 0 Å². The molecule has 0 bridgehead atoms. The first-order valence-corrected chi connectivity index (χ1v) is 5.74. The van der Waals surface area contributed by atoms with E-state index in [1.807, 2.05) is 0 Å². The van der Waals surface area contributed by atoms with Crippen molar-refractivity contribution in [2.24, 2.45) is 0 Å². The van der Waals surface area contributed by atoms with Gasteiger partial charge >= 0.3 is 0 Å². The second kappa shape index (κ2) is 5.84. The van der Waals surface area contributed by atoms with Crippen molar-refractivity contribution in [3.8, 4) is 0 Å². The lowest BCUT2D eigenvalue weighted by Gasteiger charge is -2.17. The van der Waals surface area contributed by atoms with E-state index in [0.717, 1.165) is 13.0 Å². The van der Waals surface area contributed by atoms with Crippen LogP contribution in [0.5, 0.6) is 0 Å². The molecule has 1 saturated heterocycles. The van der Waals surface area contributed by atoms with Crippen molar-refractivity contribution in [3.05, 3.63) is 0 Å². The smallest absolute Gasteiger partial charge is 0.0704 e. The Kier molecular flexibility index (Phi) is 5.07. The van der Waals surface area contributed by atoms with Gasteiger partial charge in [0.25, 0.3) is 0 Å². The topological polar surface area (TPSA) is 21.3 Å². The van der Waals surface area contributed by atoms with Crippen molar-refractivity contribution in [2.75, 3.05) is 12.4 Å². The molecule has 78 valence electrons. The number of nitrogens with one attached hydrogen (secondary N) is 1. The first-order valence-electron chi connectivity index (χ1n) is 5.21. The zero-order valence-corrected chi connectivity index (χ0v) is 9.31. The van der Waals surface area contributed by atoms with Crippen molar-refractivity contribution in [2.45, 2.75) is 51.4 Å². The van der Waals surface area contributed by atoms with Gasteiger partial charge in [0.2, 0.25) is 0 Å². The second-order valence-corrected chi connectivity index (χ2v) is 4.12. The van der Waals surface area contributed by atoms with E-state index in [4.69, 9.17) is 16.3 Å². The van der Waals surface area contributed by atoms with Crippen molar-refractivity contribution < 1.29 is 4.74 Å². The van der Waals surface area contributed by atoms with Gasteiger partial charge in [-0.15, -0.1) is 11.6 Å². The molecule has 1 aliphatic heterocycles. The lowest BCUT2D eigenvalue weighted by Crippen LogP contribution is -2.36. The maximum absolute atomic E-state index is 5.78. The molecule has 1 N–H and O–H groups in total. The van der Waals surface area contributed by atoms with Crippen molar-refractivity contribution in [1.29, 1.82) is 0 Å². The average molecular weight is 206 g/mol. The summed E-state index contributed by atoms with van der Waals surface area (Å²) in [6, 6.07) is 0.446. The Morgan fingerprint density at radius 1 is 1.54 bits per heavy atom. The van der Waals surface area contributed by atoms with Crippen LogP contribution in [0.3, 0.4) is 0 Å². The van der Waals surface area contributed by atoms with Crippen LogP contribution in [0.15, 0.2) is 0 Å². The Hall–Kier alpha value is 0.210. The van der Waals surface area contributed by atoms with Gasteiger partial charge in [0, 0.05) is 18.5 Å². The molecule has 1 heterocycles. The van der Waals surface area contributed by atoms with Crippen LogP contribution in [-0.2, 0) is 4.74 Å². The van der Waals surface area contributed by atoms with Gasteiger partial charge in [0.1, 0.15) is 0 Å². The van der Waals surface area contributed by atoms with Gasteiger partial charge in [-0.25, -0.2) is 0 Å². The summed E-state index contributed by atoms with van der Waals surface area (Å²) in [6.07, 6.45) is 4.33. The van der Waals surface area contributed by atoms with E-state index in [0.29, 0.717) is 24.1 Å². The Labute approximate surface area is 86.0 Å². The number of alkyl halides is 1. The molecular formula is C10H20ClNO. The molecule has 0 aromatic rings. The first-order chi connectivity index (χ1) is 6.26. The molecule has 0 spiro atoms. The predicted molar refractivity (Wildman–Crippen MR) is 56.4 cm³/mol. The van der Waals surface area contributed by atoms with Crippen LogP contribution in [0.25, 0.3) is 0 Å². The summed E-state index contributed by atoms with van der Waals surface area (Å²) in [5.41, 5.74) is 0. The van der Waals surface area contributed by atoms with Gasteiger partial charge < -0.3 is 10.1 Å². The lowest BCUT2D eigenvalue weighted by atomic mass is 10.2. The molecular weight excluding hydrogens is 186 g/mol. The highest BCUT2D eigenvalue weighted by Crippen LogP contribution is 2.18. The van der Waals surface area contributed by atoms with Gasteiger partial charge in [0.05, 0.1) is 12.2 Å². The monoisotopic (exact) mass is 205 g/mol. The summed E-state index contributed by atoms with van der Waals surface area (Å²) >= 11 is 5.78. The molecule has 0 radical (unpaired) electrons. The Balaban J connectivity index is 2.11. The summed E-state index contributed by atoms with van der Waals surface area (Å²) in [5.74, 6) is 0.693. The second-order valence-electron chi connectivity index (χ2n) is 3.81. The maximum Gasteiger partial charge on any atom is 0.0704 e. The van der Waals surface area contributed by atoms with Crippen LogP contribution in [0.1, 0.15) is 33.1 Å². The van der Waals surface area contributed by atoms with E-state index >= 15 is 0 Å². The zero-order valence-electron chi connectivity index (χ0n) is 8.55. The van der Waals surface area contributed by atoms with Crippen LogP contribution < -0.4 is 5.32 Å². The van der Waals surface area contributed by atoms with Gasteiger partial charge in [-0.3, -0.25) is 0 Å². The average Bonchev–Trinajstić information content (AvgIpc) is 2.53. The van der Waals surface area contributed by atoms with Gasteiger partial charge in [0.15, 0.2) is 0 Å². The molecule has 0 saturated carbocycles. The maximum atomic E-state index is 5.78. The molecule has 0 amide bonds. The van der Waals surface area contributed by atoms with Gasteiger partial charge in [-0.1, -0.05) is 6.92 Å². The molecule has 3 unspecified atom stereocenters. The van der Waals surface area contributed by atoms with E-state index in [2.05, 4.69) is 19.2 Å². The SMILES string of the molecule is CCC(CCl)NCC1CCC(C)O1. The molecule has 3 atom stereocenters. The van der Waals surface area contributed by atoms with E-state index in [9.17, 15) is 0 Å². The zero-order chi connectivity index (χ0) is 9.68. The van der Waals surface area contributed by atoms with E-state index in [1.165, 1.54) is 12.8 Å². The molecule has 0 aromatic carbocycles. The first kappa shape index (κ1) is 11.3. The van der Waals surface area contributed by atoms with E-state index in [1.54, 1.807) is 0 Å². The molecule has 1 fully saturated rings. The standard InChI is InChI=1S/C10H20ClNO/c1-3-9(6-11)12-7-10-5-4-8(2)13-10/h8-10,12H,3-7H2,1-2H3. The minimum Gasteiger partial charge on any atom is -0.374 e. The predicted octanol–water partition coefficient (Wildman–Crippen LogP) is 2.16. The molecule has 13 heavy (non-hydrogen) atoms. The number of hydrogen-bond acceptors (Lipinski definition) is 2. The minimum atomic E-state index is 0.410. The summed E-state index contributed by atoms with van der Waals surface area (Å²) in [4.78, 5) is 0. The van der Waals surface area contributed by atoms with Crippen molar-refractivity contribution in [1.82, 2.24) is 5.32 Å². The highest BCUT2D eigenvalue weighted by atomic mass is 35.5. The quantitative estimate of drug-likeness (QED) is 0.695. The van der Waals surface area contributed by atoms with Gasteiger partial charge in [-0.05, 0) is 26.2 Å². The number of rotatable bonds is 5. The highest BCUT2D eigenvalue weighted by molar-refractivity contribution is 6.18. The highest BCUT2D eigenvalue weighted by Gasteiger charge is 2.21. The van der Waals surface area contributed by atoms with Crippen molar-refractivity contribution >= 4 is 11.6 Å². The third-order valence-electron chi connectivity index (χ3n) is 2.63. The van der Waals surface area contributed by atoms with E-state index < -0.39 is 0 Å². The van der Waals surface area contributed by atoms with Crippen LogP contribution in [0.4, 0.5) is 0 Å². The molecule has 0 aliphatic carbocycles. The fourth-order valence-electron chi connectivity index (χ4n) is 1.64. The molecule has 1 aliphatic rings. The summed E-state index contributed by atoms with van der Waals surface area (Å²) in [5, 5.41) is 3.42. The van der Waals surface area contributed by atoms with Crippen LogP contribution in [0, 0.1) is 0 Å². The van der Waals surface area contributed by atoms with Crippen LogP contribution >= 0.6 is 11.6 Å². The summed E-state index contributed by atoms with van der Waals surface area (Å²) < 4.78 is 5.70. The third kappa shape index (κ3) is 3.84. The minimum absolute atomic E-state index is 0.410. The van der Waals surface area contributed by atoms with E-state index in [-0.39, 0.29) is 0 Å². The molecule has 2 nitrogen and oxygen atoms in total. The fraction of sp³-hybridized carbons (Fsp3) is 1.00. The molecule has 0 aromatic heterocycles. The normalized spacial score (nSPS) is 30.7. The number of halogens is 1. The Bertz CT molecular complexity index is 139. The Morgan fingerprint density at radius 3 is 2.77 bits per heavy atom. The lowest BCUT2D eigenvalue weighted by molar-refractivity contribution is 0.0546. The number of ether oxygens (including phenoxy) is 1. The Morgan fingerprint density at radius 2 is 2.31 bits per heavy atom. The fourth-order valence-corrected chi connectivity index (χ4v) is 1.97. The van der Waals surface area contributed by atoms with Crippen LogP contribution in [-0.4, -0.2) is 30.7 Å². The van der Waals surface area contributed by atoms with Gasteiger partial charge in [-0.2, -0.15) is 0 Å². The summed E-state index contributed by atoms with van der Waals surface area (Å²) in [6.45, 7) is 5.24. The number of hydrogen-bond donors (Lipinski definition) is 1. The summed E-state index contributed by atoms with van der Waals surface area (Å²) in [7, 11) is 0. The molecule has 3 heteroatoms.